The first-order chi connectivity index (χ1) is 6.61. The Morgan fingerprint density at radius 3 is 2.29 bits per heavy atom. The number of hydrogen-bond donors (Lipinski definition) is 1. The average molecular weight is 197 g/mol. The van der Waals surface area contributed by atoms with E-state index < -0.39 is 17.8 Å². The molecule has 1 N–H and O–H groups in total. The van der Waals surface area contributed by atoms with Crippen molar-refractivity contribution in [2.45, 2.75) is 0 Å². The summed E-state index contributed by atoms with van der Waals surface area (Å²) in [5.74, 6) is -1.14. The number of urea groups is 1. The second-order valence-electron chi connectivity index (χ2n) is 3.59. The van der Waals surface area contributed by atoms with Crippen LogP contribution in [0.2, 0.25) is 0 Å². The summed E-state index contributed by atoms with van der Waals surface area (Å²) in [6.45, 7) is 1.95. The Kier molecular flexibility index (Phi) is 1.99. The maximum atomic E-state index is 11.4. The highest BCUT2D eigenvalue weighted by molar-refractivity contribution is 6.44. The largest absolute Gasteiger partial charge is 0.333 e. The van der Waals surface area contributed by atoms with Crippen LogP contribution in [0.4, 0.5) is 4.79 Å². The molecule has 0 aromatic rings. The summed E-state index contributed by atoms with van der Waals surface area (Å²) in [4.78, 5) is 35.7. The van der Waals surface area contributed by atoms with E-state index >= 15 is 0 Å². The zero-order valence-electron chi connectivity index (χ0n) is 7.82. The SMILES string of the molecule is CN1C(=O)C(=O)N(CC2CNC2)C1=O. The second-order valence-corrected chi connectivity index (χ2v) is 3.59. The lowest BCUT2D eigenvalue weighted by Crippen LogP contribution is -2.49. The highest BCUT2D eigenvalue weighted by atomic mass is 16.2. The lowest BCUT2D eigenvalue weighted by atomic mass is 10.0. The summed E-state index contributed by atoms with van der Waals surface area (Å²) in [6, 6.07) is -0.507. The Balaban J connectivity index is 2.07. The summed E-state index contributed by atoms with van der Waals surface area (Å²) in [7, 11) is 1.32. The van der Waals surface area contributed by atoms with Crippen molar-refractivity contribution in [2.75, 3.05) is 26.7 Å². The number of nitrogens with one attached hydrogen (secondary N) is 1. The Morgan fingerprint density at radius 1 is 1.29 bits per heavy atom. The van der Waals surface area contributed by atoms with Gasteiger partial charge in [-0.05, 0) is 0 Å². The first kappa shape index (κ1) is 9.14. The average Bonchev–Trinajstić information content (AvgIpc) is 2.27. The number of nitrogens with zero attached hydrogens (tertiary/aromatic N) is 2. The second kappa shape index (κ2) is 3.06. The summed E-state index contributed by atoms with van der Waals surface area (Å²) in [5.41, 5.74) is 0. The van der Waals surface area contributed by atoms with Gasteiger partial charge in [-0.3, -0.25) is 19.4 Å². The van der Waals surface area contributed by atoms with E-state index in [1.807, 2.05) is 0 Å². The molecule has 2 fully saturated rings. The monoisotopic (exact) mass is 197 g/mol. The summed E-state index contributed by atoms with van der Waals surface area (Å²) in [6.07, 6.45) is 0. The molecule has 14 heavy (non-hydrogen) atoms. The predicted molar refractivity (Wildman–Crippen MR) is 46.2 cm³/mol. The van der Waals surface area contributed by atoms with Gasteiger partial charge in [0, 0.05) is 32.6 Å². The van der Waals surface area contributed by atoms with Gasteiger partial charge in [-0.1, -0.05) is 0 Å². The van der Waals surface area contributed by atoms with Gasteiger partial charge in [-0.2, -0.15) is 0 Å². The molecule has 0 aromatic heterocycles. The maximum Gasteiger partial charge on any atom is 0.333 e. The highest BCUT2D eigenvalue weighted by Crippen LogP contribution is 2.14. The van der Waals surface area contributed by atoms with E-state index in [-0.39, 0.29) is 0 Å². The van der Waals surface area contributed by atoms with Crippen molar-refractivity contribution in [1.29, 1.82) is 0 Å². The molecule has 0 aliphatic carbocycles. The molecule has 2 rings (SSSR count). The minimum atomic E-state index is -0.734. The van der Waals surface area contributed by atoms with Gasteiger partial charge >= 0.3 is 17.8 Å². The van der Waals surface area contributed by atoms with Gasteiger partial charge in [0.1, 0.15) is 0 Å². The first-order valence-corrected chi connectivity index (χ1v) is 4.45. The van der Waals surface area contributed by atoms with Crippen molar-refractivity contribution >= 4 is 17.8 Å². The molecule has 0 spiro atoms. The molecule has 2 saturated heterocycles. The molecule has 2 heterocycles. The van der Waals surface area contributed by atoms with Crippen LogP contribution in [0, 0.1) is 5.92 Å². The molecule has 2 aliphatic heterocycles. The standard InChI is InChI=1S/C8H11N3O3/c1-10-6(12)7(13)11(8(10)14)4-5-2-9-3-5/h5,9H,2-4H2,1H3. The molecular formula is C8H11N3O3. The van der Waals surface area contributed by atoms with E-state index in [1.54, 1.807) is 0 Å². The number of carbonyl (C=O) groups excluding carboxylic acids is 3. The van der Waals surface area contributed by atoms with Crippen LogP contribution in [0.5, 0.6) is 0 Å². The molecule has 0 saturated carbocycles. The third kappa shape index (κ3) is 1.19. The van der Waals surface area contributed by atoms with Crippen LogP contribution < -0.4 is 5.32 Å². The number of rotatable bonds is 2. The van der Waals surface area contributed by atoms with Gasteiger partial charge in [-0.15, -0.1) is 0 Å². The molecule has 2 aliphatic rings. The minimum absolute atomic E-state index is 0.294. The quantitative estimate of drug-likeness (QED) is 0.438. The Morgan fingerprint density at radius 2 is 1.93 bits per heavy atom. The first-order valence-electron chi connectivity index (χ1n) is 4.45. The molecule has 0 radical (unpaired) electrons. The van der Waals surface area contributed by atoms with Gasteiger partial charge in [0.05, 0.1) is 0 Å². The number of hydrogen-bond acceptors (Lipinski definition) is 4. The number of likely N-dealkylation sites (N-methyl/N-ethyl adjacent to an activating group) is 1. The molecule has 0 atom stereocenters. The molecular weight excluding hydrogens is 186 g/mol. The van der Waals surface area contributed by atoms with Crippen molar-refractivity contribution < 1.29 is 14.4 Å². The van der Waals surface area contributed by atoms with Crippen LogP contribution in [0.3, 0.4) is 0 Å². The minimum Gasteiger partial charge on any atom is -0.316 e. The van der Waals surface area contributed by atoms with Crippen LogP contribution >= 0.6 is 0 Å². The van der Waals surface area contributed by atoms with E-state index in [1.165, 1.54) is 7.05 Å². The zero-order chi connectivity index (χ0) is 10.3. The number of carbonyl (C=O) groups is 3. The molecule has 4 amide bonds. The summed E-state index contributed by atoms with van der Waals surface area (Å²) in [5, 5.41) is 3.04. The zero-order valence-corrected chi connectivity index (χ0v) is 7.82. The van der Waals surface area contributed by atoms with Crippen molar-refractivity contribution in [3.05, 3.63) is 0 Å². The molecule has 0 aromatic carbocycles. The third-order valence-electron chi connectivity index (χ3n) is 2.56. The normalized spacial score (nSPS) is 23.4. The third-order valence-corrected chi connectivity index (χ3v) is 2.56. The van der Waals surface area contributed by atoms with Gasteiger partial charge in [0.25, 0.3) is 0 Å². The molecule has 0 bridgehead atoms. The lowest BCUT2D eigenvalue weighted by molar-refractivity contribution is -0.143. The Hall–Kier alpha value is -1.43. The maximum absolute atomic E-state index is 11.4. The van der Waals surface area contributed by atoms with E-state index in [0.29, 0.717) is 12.5 Å². The summed E-state index contributed by atoms with van der Waals surface area (Å²) >= 11 is 0. The van der Waals surface area contributed by atoms with Gasteiger partial charge in [-0.25, -0.2) is 4.79 Å². The number of amides is 4. The van der Waals surface area contributed by atoms with Crippen LogP contribution in [-0.4, -0.2) is 54.3 Å². The van der Waals surface area contributed by atoms with Crippen molar-refractivity contribution in [3.8, 4) is 0 Å². The predicted octanol–water partition coefficient (Wildman–Crippen LogP) is -1.37. The smallest absolute Gasteiger partial charge is 0.316 e. The van der Waals surface area contributed by atoms with Crippen LogP contribution in [0.25, 0.3) is 0 Å². The van der Waals surface area contributed by atoms with E-state index in [0.717, 1.165) is 22.9 Å². The molecule has 6 heteroatoms. The van der Waals surface area contributed by atoms with Crippen LogP contribution in [0.15, 0.2) is 0 Å². The van der Waals surface area contributed by atoms with Crippen LogP contribution in [-0.2, 0) is 9.59 Å². The van der Waals surface area contributed by atoms with E-state index in [4.69, 9.17) is 0 Å². The van der Waals surface area contributed by atoms with Gasteiger partial charge in [0.15, 0.2) is 0 Å². The fourth-order valence-electron chi connectivity index (χ4n) is 1.51. The van der Waals surface area contributed by atoms with Crippen molar-refractivity contribution in [2.24, 2.45) is 5.92 Å². The number of imide groups is 2. The topological polar surface area (TPSA) is 69.7 Å². The van der Waals surface area contributed by atoms with Gasteiger partial charge < -0.3 is 5.32 Å². The molecule has 0 unspecified atom stereocenters. The Labute approximate surface area is 80.8 Å². The molecule has 6 nitrogen and oxygen atoms in total. The highest BCUT2D eigenvalue weighted by Gasteiger charge is 2.43. The van der Waals surface area contributed by atoms with Gasteiger partial charge in [0.2, 0.25) is 0 Å². The van der Waals surface area contributed by atoms with E-state index in [2.05, 4.69) is 5.32 Å². The van der Waals surface area contributed by atoms with Crippen LogP contribution in [0.1, 0.15) is 0 Å². The Bertz CT molecular complexity index is 311. The van der Waals surface area contributed by atoms with E-state index in [9.17, 15) is 14.4 Å². The van der Waals surface area contributed by atoms with Crippen molar-refractivity contribution in [1.82, 2.24) is 15.1 Å². The lowest BCUT2D eigenvalue weighted by Gasteiger charge is -2.29. The van der Waals surface area contributed by atoms with Crippen molar-refractivity contribution in [3.63, 3.8) is 0 Å². The molecule has 76 valence electrons. The fourth-order valence-corrected chi connectivity index (χ4v) is 1.51. The fraction of sp³-hybridized carbons (Fsp3) is 0.625. The summed E-state index contributed by atoms with van der Waals surface area (Å²) < 4.78 is 0.